The van der Waals surface area contributed by atoms with Crippen molar-refractivity contribution in [1.29, 1.82) is 0 Å². The van der Waals surface area contributed by atoms with Gasteiger partial charge >= 0.3 is 6.03 Å². The number of nitrogens with zero attached hydrogens (tertiary/aromatic N) is 2. The number of thiophene rings is 1. The van der Waals surface area contributed by atoms with E-state index in [0.29, 0.717) is 6.54 Å². The van der Waals surface area contributed by atoms with E-state index in [1.165, 1.54) is 5.56 Å². The summed E-state index contributed by atoms with van der Waals surface area (Å²) in [6.45, 7) is 5.99. The number of piperazine rings is 1. The van der Waals surface area contributed by atoms with Crippen LogP contribution in [-0.2, 0) is 11.3 Å². The predicted octanol–water partition coefficient (Wildman–Crippen LogP) is 1.75. The van der Waals surface area contributed by atoms with Gasteiger partial charge in [-0.3, -0.25) is 4.90 Å². The van der Waals surface area contributed by atoms with Gasteiger partial charge in [-0.05, 0) is 35.2 Å². The molecule has 2 saturated heterocycles. The van der Waals surface area contributed by atoms with E-state index in [9.17, 15) is 4.79 Å². The molecule has 1 aromatic heterocycles. The van der Waals surface area contributed by atoms with Gasteiger partial charge in [0.15, 0.2) is 0 Å². The van der Waals surface area contributed by atoms with Gasteiger partial charge in [-0.15, -0.1) is 0 Å². The summed E-state index contributed by atoms with van der Waals surface area (Å²) >= 11 is 1.74. The van der Waals surface area contributed by atoms with E-state index in [1.807, 2.05) is 4.90 Å². The second-order valence-electron chi connectivity index (χ2n) is 5.72. The Labute approximate surface area is 129 Å². The monoisotopic (exact) mass is 309 g/mol. The number of carbonyl (C=O) groups excluding carboxylic acids is 1. The minimum absolute atomic E-state index is 0.0562. The van der Waals surface area contributed by atoms with Crippen molar-refractivity contribution in [2.24, 2.45) is 0 Å². The molecule has 6 heteroatoms. The number of carbonyl (C=O) groups is 1. The zero-order valence-electron chi connectivity index (χ0n) is 12.3. The summed E-state index contributed by atoms with van der Waals surface area (Å²) in [5.41, 5.74) is 1.37. The molecule has 116 valence electrons. The highest BCUT2D eigenvalue weighted by Crippen LogP contribution is 2.13. The Morgan fingerprint density at radius 3 is 2.90 bits per heavy atom. The van der Waals surface area contributed by atoms with Crippen LogP contribution in [0.5, 0.6) is 0 Å². The number of ether oxygens (including phenoxy) is 1. The predicted molar refractivity (Wildman–Crippen MR) is 83.5 cm³/mol. The maximum atomic E-state index is 12.1. The third kappa shape index (κ3) is 4.18. The fraction of sp³-hybridized carbons (Fsp3) is 0.667. The molecule has 0 aromatic carbocycles. The zero-order valence-corrected chi connectivity index (χ0v) is 13.1. The molecule has 0 radical (unpaired) electrons. The average molecular weight is 309 g/mol. The van der Waals surface area contributed by atoms with Crippen LogP contribution >= 0.6 is 11.3 Å². The highest BCUT2D eigenvalue weighted by atomic mass is 32.1. The van der Waals surface area contributed by atoms with Crippen LogP contribution in [0.4, 0.5) is 4.79 Å². The van der Waals surface area contributed by atoms with Crippen molar-refractivity contribution in [3.8, 4) is 0 Å². The Morgan fingerprint density at radius 2 is 2.24 bits per heavy atom. The maximum absolute atomic E-state index is 12.1. The Kier molecular flexibility index (Phi) is 5.11. The number of hydrogen-bond acceptors (Lipinski definition) is 4. The summed E-state index contributed by atoms with van der Waals surface area (Å²) in [7, 11) is 0. The molecule has 0 aliphatic carbocycles. The van der Waals surface area contributed by atoms with Gasteiger partial charge in [-0.2, -0.15) is 11.3 Å². The van der Waals surface area contributed by atoms with Crippen LogP contribution in [0, 0.1) is 0 Å². The van der Waals surface area contributed by atoms with Gasteiger partial charge in [0, 0.05) is 45.9 Å². The van der Waals surface area contributed by atoms with Crippen molar-refractivity contribution < 1.29 is 9.53 Å². The van der Waals surface area contributed by atoms with E-state index in [2.05, 4.69) is 27.0 Å². The first-order valence-electron chi connectivity index (χ1n) is 7.69. The zero-order chi connectivity index (χ0) is 14.5. The van der Waals surface area contributed by atoms with E-state index >= 15 is 0 Å². The van der Waals surface area contributed by atoms with Crippen LogP contribution in [0.2, 0.25) is 0 Å². The summed E-state index contributed by atoms with van der Waals surface area (Å²) in [6, 6.07) is 2.23. The fourth-order valence-corrected chi connectivity index (χ4v) is 3.53. The molecule has 2 amide bonds. The lowest BCUT2D eigenvalue weighted by atomic mass is 10.2. The normalized spacial score (nSPS) is 23.4. The molecule has 1 aromatic rings. The Balaban J connectivity index is 1.37. The number of amides is 2. The Bertz CT molecular complexity index is 438. The number of urea groups is 1. The molecule has 1 atom stereocenters. The van der Waals surface area contributed by atoms with Crippen molar-refractivity contribution in [3.63, 3.8) is 0 Å². The first kappa shape index (κ1) is 14.8. The first-order valence-corrected chi connectivity index (χ1v) is 8.63. The summed E-state index contributed by atoms with van der Waals surface area (Å²) < 4.78 is 5.53. The highest BCUT2D eigenvalue weighted by molar-refractivity contribution is 7.07. The molecule has 3 rings (SSSR count). The minimum Gasteiger partial charge on any atom is -0.376 e. The molecule has 0 spiro atoms. The highest BCUT2D eigenvalue weighted by Gasteiger charge is 2.22. The molecule has 0 bridgehead atoms. The van der Waals surface area contributed by atoms with Crippen molar-refractivity contribution in [1.82, 2.24) is 15.1 Å². The molecular formula is C15H23N3O2S. The van der Waals surface area contributed by atoms with Gasteiger partial charge in [0.1, 0.15) is 0 Å². The van der Waals surface area contributed by atoms with Gasteiger partial charge in [0.25, 0.3) is 0 Å². The van der Waals surface area contributed by atoms with E-state index in [4.69, 9.17) is 4.74 Å². The van der Waals surface area contributed by atoms with Crippen molar-refractivity contribution in [2.75, 3.05) is 39.3 Å². The summed E-state index contributed by atoms with van der Waals surface area (Å²) in [4.78, 5) is 16.4. The molecule has 2 aliphatic rings. The van der Waals surface area contributed by atoms with Gasteiger partial charge in [0.2, 0.25) is 0 Å². The molecule has 5 nitrogen and oxygen atoms in total. The van der Waals surface area contributed by atoms with Crippen LogP contribution in [0.3, 0.4) is 0 Å². The molecule has 0 unspecified atom stereocenters. The van der Waals surface area contributed by atoms with E-state index in [0.717, 1.165) is 52.2 Å². The van der Waals surface area contributed by atoms with E-state index in [-0.39, 0.29) is 12.1 Å². The van der Waals surface area contributed by atoms with Gasteiger partial charge in [-0.1, -0.05) is 0 Å². The standard InChI is InChI=1S/C15H23N3O2S/c19-15(16-10-14-2-1-8-20-14)18-6-4-17(5-7-18)11-13-3-9-21-12-13/h3,9,12,14H,1-2,4-8,10-11H2,(H,16,19)/t14-/m1/s1. The lowest BCUT2D eigenvalue weighted by Gasteiger charge is -2.34. The van der Waals surface area contributed by atoms with Crippen molar-refractivity contribution in [2.45, 2.75) is 25.5 Å². The van der Waals surface area contributed by atoms with Gasteiger partial charge < -0.3 is 15.0 Å². The third-order valence-electron chi connectivity index (χ3n) is 4.15. The maximum Gasteiger partial charge on any atom is 0.317 e. The van der Waals surface area contributed by atoms with Crippen LogP contribution in [0.25, 0.3) is 0 Å². The van der Waals surface area contributed by atoms with Crippen LogP contribution in [0.15, 0.2) is 16.8 Å². The largest absolute Gasteiger partial charge is 0.376 e. The van der Waals surface area contributed by atoms with Crippen molar-refractivity contribution >= 4 is 17.4 Å². The molecule has 2 aliphatic heterocycles. The van der Waals surface area contributed by atoms with E-state index in [1.54, 1.807) is 11.3 Å². The molecule has 2 fully saturated rings. The quantitative estimate of drug-likeness (QED) is 0.922. The van der Waals surface area contributed by atoms with Crippen LogP contribution in [-0.4, -0.2) is 61.3 Å². The Hall–Kier alpha value is -1.11. The van der Waals surface area contributed by atoms with Crippen LogP contribution < -0.4 is 5.32 Å². The molecule has 0 saturated carbocycles. The average Bonchev–Trinajstić information content (AvgIpc) is 3.19. The lowest BCUT2D eigenvalue weighted by molar-refractivity contribution is 0.104. The van der Waals surface area contributed by atoms with Gasteiger partial charge in [-0.25, -0.2) is 4.79 Å². The van der Waals surface area contributed by atoms with E-state index < -0.39 is 0 Å². The molecule has 21 heavy (non-hydrogen) atoms. The SMILES string of the molecule is O=C(NC[C@H]1CCCO1)N1CCN(Cc2ccsc2)CC1. The third-order valence-corrected chi connectivity index (χ3v) is 4.88. The summed E-state index contributed by atoms with van der Waals surface area (Å²) in [5.74, 6) is 0. The second kappa shape index (κ2) is 7.24. The molecular weight excluding hydrogens is 286 g/mol. The number of rotatable bonds is 4. The topological polar surface area (TPSA) is 44.8 Å². The van der Waals surface area contributed by atoms with Gasteiger partial charge in [0.05, 0.1) is 6.10 Å². The first-order chi connectivity index (χ1) is 10.3. The summed E-state index contributed by atoms with van der Waals surface area (Å²) in [6.07, 6.45) is 2.39. The second-order valence-corrected chi connectivity index (χ2v) is 6.50. The number of hydrogen-bond donors (Lipinski definition) is 1. The fourth-order valence-electron chi connectivity index (χ4n) is 2.87. The molecule has 1 N–H and O–H groups in total. The minimum atomic E-state index is 0.0562. The molecule has 3 heterocycles. The van der Waals surface area contributed by atoms with Crippen LogP contribution in [0.1, 0.15) is 18.4 Å². The van der Waals surface area contributed by atoms with Crippen molar-refractivity contribution in [3.05, 3.63) is 22.4 Å². The number of nitrogens with one attached hydrogen (secondary N) is 1. The smallest absolute Gasteiger partial charge is 0.317 e. The lowest BCUT2D eigenvalue weighted by Crippen LogP contribution is -2.52. The Morgan fingerprint density at radius 1 is 1.38 bits per heavy atom. The summed E-state index contributed by atoms with van der Waals surface area (Å²) in [5, 5.41) is 7.31.